The lowest BCUT2D eigenvalue weighted by atomic mass is 10.1. The molecule has 0 radical (unpaired) electrons. The minimum Gasteiger partial charge on any atom is -0.496 e. The first-order chi connectivity index (χ1) is 18.0. The van der Waals surface area contributed by atoms with Crippen LogP contribution in [0.2, 0.25) is 0 Å². The van der Waals surface area contributed by atoms with Crippen molar-refractivity contribution in [1.29, 1.82) is 0 Å². The third kappa shape index (κ3) is 5.73. The van der Waals surface area contributed by atoms with Crippen LogP contribution in [0.3, 0.4) is 0 Å². The molecule has 8 nitrogen and oxygen atoms in total. The van der Waals surface area contributed by atoms with Crippen molar-refractivity contribution in [1.82, 2.24) is 30.1 Å². The van der Waals surface area contributed by atoms with Crippen LogP contribution >= 0.6 is 0 Å². The van der Waals surface area contributed by atoms with Gasteiger partial charge in [-0.25, -0.2) is 9.07 Å². The van der Waals surface area contributed by atoms with Crippen LogP contribution in [-0.2, 0) is 26.2 Å². The summed E-state index contributed by atoms with van der Waals surface area (Å²) in [4.78, 5) is 18.1. The molecule has 3 aromatic carbocycles. The van der Waals surface area contributed by atoms with Gasteiger partial charge in [0, 0.05) is 29.7 Å². The fraction of sp³-hybridized carbons (Fsp3) is 0.214. The molecule has 0 amide bonds. The first-order valence-electron chi connectivity index (χ1n) is 11.9. The minimum absolute atomic E-state index is 0.131. The molecule has 0 aliphatic carbocycles. The van der Waals surface area contributed by atoms with Gasteiger partial charge in [0.2, 0.25) is 0 Å². The Bertz CT molecular complexity index is 1580. The molecule has 0 aliphatic heterocycles. The molecular weight excluding hydrogens is 471 g/mol. The van der Waals surface area contributed by atoms with Gasteiger partial charge in [0.15, 0.2) is 5.82 Å². The highest BCUT2D eigenvalue weighted by atomic mass is 19.1. The number of benzene rings is 3. The van der Waals surface area contributed by atoms with E-state index < -0.39 is 0 Å². The van der Waals surface area contributed by atoms with Gasteiger partial charge in [0.1, 0.15) is 11.6 Å². The number of hydrogen-bond acceptors (Lipinski definition) is 6. The topological polar surface area (TPSA) is 88.9 Å². The number of aromatic amines is 1. The first kappa shape index (κ1) is 24.3. The van der Waals surface area contributed by atoms with E-state index in [4.69, 9.17) is 4.74 Å². The lowest BCUT2D eigenvalue weighted by Crippen LogP contribution is -2.28. The molecule has 2 aromatic heterocycles. The summed E-state index contributed by atoms with van der Waals surface area (Å²) in [6.07, 6.45) is 0. The molecule has 0 aliphatic rings. The van der Waals surface area contributed by atoms with Crippen molar-refractivity contribution in [2.24, 2.45) is 0 Å². The van der Waals surface area contributed by atoms with E-state index >= 15 is 0 Å². The number of para-hydroxylation sites is 1. The van der Waals surface area contributed by atoms with Gasteiger partial charge in [-0.1, -0.05) is 42.5 Å². The zero-order valence-electron chi connectivity index (χ0n) is 20.7. The average Bonchev–Trinajstić information content (AvgIpc) is 3.32. The number of pyridine rings is 1. The largest absolute Gasteiger partial charge is 0.496 e. The summed E-state index contributed by atoms with van der Waals surface area (Å²) >= 11 is 0. The Hall–Kier alpha value is -4.37. The maximum absolute atomic E-state index is 13.4. The SMILES string of the molecule is COc1ccccc1CN(Cc1cc2ccc(C)cc2[nH]c1=O)Cc1nnnn1Cc1ccc(F)cc1. The molecule has 0 fully saturated rings. The van der Waals surface area contributed by atoms with Crippen LogP contribution in [0, 0.1) is 12.7 Å². The number of tetrazole rings is 1. The van der Waals surface area contributed by atoms with Crippen molar-refractivity contribution in [3.8, 4) is 5.75 Å². The number of nitrogens with one attached hydrogen (secondary N) is 1. The van der Waals surface area contributed by atoms with Gasteiger partial charge in [0.25, 0.3) is 5.56 Å². The Kier molecular flexibility index (Phi) is 7.04. The predicted octanol–water partition coefficient (Wildman–Crippen LogP) is 4.22. The Balaban J connectivity index is 1.46. The van der Waals surface area contributed by atoms with Crippen molar-refractivity contribution in [3.63, 3.8) is 0 Å². The van der Waals surface area contributed by atoms with Crippen LogP contribution in [0.15, 0.2) is 77.6 Å². The summed E-state index contributed by atoms with van der Waals surface area (Å²) in [6, 6.07) is 22.0. The lowest BCUT2D eigenvalue weighted by Gasteiger charge is -2.23. The normalized spacial score (nSPS) is 11.4. The number of rotatable bonds is 9. The summed E-state index contributed by atoms with van der Waals surface area (Å²) in [5, 5.41) is 13.2. The van der Waals surface area contributed by atoms with E-state index in [2.05, 4.69) is 25.4 Å². The van der Waals surface area contributed by atoms with Gasteiger partial charge >= 0.3 is 0 Å². The average molecular weight is 499 g/mol. The Labute approximate surface area is 213 Å². The summed E-state index contributed by atoms with van der Waals surface area (Å²) in [7, 11) is 1.64. The van der Waals surface area contributed by atoms with Crippen molar-refractivity contribution in [3.05, 3.63) is 117 Å². The number of hydrogen-bond donors (Lipinski definition) is 1. The van der Waals surface area contributed by atoms with Crippen LogP contribution in [-0.4, -0.2) is 37.2 Å². The maximum Gasteiger partial charge on any atom is 0.252 e. The molecule has 0 spiro atoms. The molecule has 9 heteroatoms. The van der Waals surface area contributed by atoms with Gasteiger partial charge in [-0.15, -0.1) is 5.10 Å². The molecule has 5 rings (SSSR count). The highest BCUT2D eigenvalue weighted by molar-refractivity contribution is 5.79. The number of ether oxygens (including phenoxy) is 1. The quantitative estimate of drug-likeness (QED) is 0.327. The van der Waals surface area contributed by atoms with Gasteiger partial charge in [0.05, 0.1) is 20.2 Å². The third-order valence-corrected chi connectivity index (χ3v) is 6.28. The minimum atomic E-state index is -0.292. The molecule has 37 heavy (non-hydrogen) atoms. The second-order valence-electron chi connectivity index (χ2n) is 9.05. The van der Waals surface area contributed by atoms with Crippen LogP contribution in [0.5, 0.6) is 5.75 Å². The van der Waals surface area contributed by atoms with Crippen molar-refractivity contribution >= 4 is 10.9 Å². The molecule has 0 saturated carbocycles. The summed E-state index contributed by atoms with van der Waals surface area (Å²) in [5.41, 5.74) is 4.27. The standard InChI is InChI=1S/C28H27FN6O2/c1-19-7-10-21-14-23(28(36)30-25(21)13-19)17-34(16-22-5-3-4-6-26(22)37-2)18-27-31-32-33-35(27)15-20-8-11-24(29)12-9-20/h3-14H,15-18H2,1-2H3,(H,30,36). The number of H-pyrrole nitrogens is 1. The maximum atomic E-state index is 13.4. The Morgan fingerprint density at radius 2 is 1.76 bits per heavy atom. The van der Waals surface area contributed by atoms with Crippen LogP contribution in [0.25, 0.3) is 10.9 Å². The summed E-state index contributed by atoms with van der Waals surface area (Å²) in [6.45, 7) is 3.68. The molecule has 0 atom stereocenters. The number of nitrogens with zero attached hydrogens (tertiary/aromatic N) is 5. The zero-order chi connectivity index (χ0) is 25.8. The lowest BCUT2D eigenvalue weighted by molar-refractivity contribution is 0.232. The Morgan fingerprint density at radius 3 is 2.57 bits per heavy atom. The van der Waals surface area contributed by atoms with Crippen LogP contribution < -0.4 is 10.3 Å². The fourth-order valence-electron chi connectivity index (χ4n) is 4.38. The van der Waals surface area contributed by atoms with Crippen LogP contribution in [0.1, 0.15) is 28.1 Å². The molecule has 0 unspecified atom stereocenters. The van der Waals surface area contributed by atoms with Gasteiger partial charge in [-0.05, 0) is 64.2 Å². The molecule has 188 valence electrons. The van der Waals surface area contributed by atoms with Crippen molar-refractivity contribution in [2.45, 2.75) is 33.1 Å². The van der Waals surface area contributed by atoms with E-state index in [1.54, 1.807) is 23.9 Å². The number of fused-ring (bicyclic) bond motifs is 1. The van der Waals surface area contributed by atoms with Gasteiger partial charge < -0.3 is 9.72 Å². The number of halogens is 1. The highest BCUT2D eigenvalue weighted by Crippen LogP contribution is 2.22. The van der Waals surface area contributed by atoms with E-state index in [0.29, 0.717) is 37.6 Å². The van der Waals surface area contributed by atoms with E-state index in [1.165, 1.54) is 12.1 Å². The fourth-order valence-corrected chi connectivity index (χ4v) is 4.38. The van der Waals surface area contributed by atoms with Crippen molar-refractivity contribution < 1.29 is 9.13 Å². The van der Waals surface area contributed by atoms with E-state index in [0.717, 1.165) is 33.3 Å². The number of aryl methyl sites for hydroxylation is 1. The van der Waals surface area contributed by atoms with Crippen LogP contribution in [0.4, 0.5) is 4.39 Å². The molecular formula is C28H27FN6O2. The van der Waals surface area contributed by atoms with Gasteiger partial charge in [-0.2, -0.15) is 0 Å². The number of aromatic nitrogens is 5. The first-order valence-corrected chi connectivity index (χ1v) is 11.9. The smallest absolute Gasteiger partial charge is 0.252 e. The summed E-state index contributed by atoms with van der Waals surface area (Å²) < 4.78 is 20.6. The summed E-state index contributed by atoms with van der Waals surface area (Å²) in [5.74, 6) is 1.10. The van der Waals surface area contributed by atoms with E-state index in [1.807, 2.05) is 55.5 Å². The molecule has 0 saturated heterocycles. The second-order valence-corrected chi connectivity index (χ2v) is 9.05. The number of methoxy groups -OCH3 is 1. The van der Waals surface area contributed by atoms with E-state index in [9.17, 15) is 9.18 Å². The molecule has 0 bridgehead atoms. The molecule has 5 aromatic rings. The zero-order valence-corrected chi connectivity index (χ0v) is 20.7. The third-order valence-electron chi connectivity index (χ3n) is 6.28. The monoisotopic (exact) mass is 498 g/mol. The molecule has 1 N–H and O–H groups in total. The predicted molar refractivity (Wildman–Crippen MR) is 139 cm³/mol. The molecule has 2 heterocycles. The van der Waals surface area contributed by atoms with Gasteiger partial charge in [-0.3, -0.25) is 9.69 Å². The van der Waals surface area contributed by atoms with E-state index in [-0.39, 0.29) is 11.4 Å². The second kappa shape index (κ2) is 10.7. The van der Waals surface area contributed by atoms with Crippen molar-refractivity contribution in [2.75, 3.05) is 7.11 Å². The highest BCUT2D eigenvalue weighted by Gasteiger charge is 2.17. The Morgan fingerprint density at radius 1 is 0.973 bits per heavy atom.